The summed E-state index contributed by atoms with van der Waals surface area (Å²) >= 11 is 0. The predicted molar refractivity (Wildman–Crippen MR) is 96.6 cm³/mol. The average molecular weight is 340 g/mol. The molecular weight excluding hydrogens is 310 g/mol. The van der Waals surface area contributed by atoms with Crippen molar-refractivity contribution in [3.63, 3.8) is 0 Å². The van der Waals surface area contributed by atoms with E-state index in [1.807, 2.05) is 19.9 Å². The molecule has 0 aliphatic carbocycles. The fourth-order valence-electron chi connectivity index (χ4n) is 2.07. The number of hydrogen-bond donors (Lipinski definition) is 2. The van der Waals surface area contributed by atoms with Crippen molar-refractivity contribution in [2.75, 3.05) is 12.3 Å². The van der Waals surface area contributed by atoms with E-state index in [0.717, 1.165) is 6.42 Å². The van der Waals surface area contributed by atoms with Crippen molar-refractivity contribution in [3.05, 3.63) is 30.3 Å². The molecule has 0 aromatic heterocycles. The van der Waals surface area contributed by atoms with Gasteiger partial charge in [-0.05, 0) is 38.8 Å². The summed E-state index contributed by atoms with van der Waals surface area (Å²) in [6.45, 7) is 8.76. The lowest BCUT2D eigenvalue weighted by Gasteiger charge is -2.22. The van der Waals surface area contributed by atoms with Crippen molar-refractivity contribution in [1.82, 2.24) is 10.6 Å². The van der Waals surface area contributed by atoms with Gasteiger partial charge in [0, 0.05) is 18.6 Å². The van der Waals surface area contributed by atoms with Crippen LogP contribution in [0.5, 0.6) is 0 Å². The third-order valence-corrected chi connectivity index (χ3v) is 5.50. The standard InChI is InChI=1S/C17H29N3O2S/c1-5-14(4)19-17(18-7-3)20-15(6-2)13-23(21,22)16-11-9-8-10-12-16/h8-12,14-15H,5-7,13H2,1-4H3,(H2,18,19,20). The molecule has 2 atom stereocenters. The van der Waals surface area contributed by atoms with Gasteiger partial charge < -0.3 is 10.6 Å². The van der Waals surface area contributed by atoms with Crippen LogP contribution in [0.1, 0.15) is 40.5 Å². The van der Waals surface area contributed by atoms with E-state index in [4.69, 9.17) is 0 Å². The van der Waals surface area contributed by atoms with Crippen LogP contribution in [0.4, 0.5) is 0 Å². The van der Waals surface area contributed by atoms with E-state index in [9.17, 15) is 8.42 Å². The minimum absolute atomic E-state index is 0.0540. The molecule has 1 aromatic rings. The SMILES string of the molecule is CCN=C(NC(C)CC)NC(CC)CS(=O)(=O)c1ccccc1. The van der Waals surface area contributed by atoms with Crippen LogP contribution in [0.15, 0.2) is 40.2 Å². The molecule has 0 saturated heterocycles. The van der Waals surface area contributed by atoms with E-state index in [0.29, 0.717) is 23.8 Å². The minimum Gasteiger partial charge on any atom is -0.354 e. The summed E-state index contributed by atoms with van der Waals surface area (Å²) in [7, 11) is -3.31. The van der Waals surface area contributed by atoms with Crippen molar-refractivity contribution >= 4 is 15.8 Å². The van der Waals surface area contributed by atoms with Crippen LogP contribution in [0, 0.1) is 0 Å². The zero-order valence-corrected chi connectivity index (χ0v) is 15.4. The fourth-order valence-corrected chi connectivity index (χ4v) is 3.68. The number of nitrogens with one attached hydrogen (secondary N) is 2. The molecule has 0 amide bonds. The van der Waals surface area contributed by atoms with Crippen molar-refractivity contribution in [3.8, 4) is 0 Å². The van der Waals surface area contributed by atoms with Crippen LogP contribution in [0.2, 0.25) is 0 Å². The topological polar surface area (TPSA) is 70.6 Å². The largest absolute Gasteiger partial charge is 0.354 e. The number of sulfone groups is 1. The Balaban J connectivity index is 2.81. The maximum absolute atomic E-state index is 12.5. The molecule has 2 N–H and O–H groups in total. The Morgan fingerprint density at radius 1 is 1.09 bits per heavy atom. The first-order valence-electron chi connectivity index (χ1n) is 8.28. The molecule has 1 rings (SSSR count). The van der Waals surface area contributed by atoms with Crippen LogP contribution < -0.4 is 10.6 Å². The Bertz CT molecular complexity index is 585. The Morgan fingerprint density at radius 3 is 2.26 bits per heavy atom. The Hall–Kier alpha value is -1.56. The molecule has 6 heteroatoms. The van der Waals surface area contributed by atoms with Crippen molar-refractivity contribution < 1.29 is 8.42 Å². The Kier molecular flexibility index (Phi) is 8.09. The van der Waals surface area contributed by atoms with Gasteiger partial charge in [0.15, 0.2) is 15.8 Å². The number of aliphatic imine (C=N–C) groups is 1. The Morgan fingerprint density at radius 2 is 1.74 bits per heavy atom. The smallest absolute Gasteiger partial charge is 0.191 e. The molecule has 0 spiro atoms. The maximum Gasteiger partial charge on any atom is 0.191 e. The first-order valence-corrected chi connectivity index (χ1v) is 9.93. The summed E-state index contributed by atoms with van der Waals surface area (Å²) in [4.78, 5) is 4.77. The van der Waals surface area contributed by atoms with Crippen LogP contribution in [0.25, 0.3) is 0 Å². The first-order chi connectivity index (χ1) is 10.9. The van der Waals surface area contributed by atoms with Gasteiger partial charge in [-0.2, -0.15) is 0 Å². The molecule has 0 bridgehead atoms. The van der Waals surface area contributed by atoms with E-state index < -0.39 is 9.84 Å². The molecule has 2 unspecified atom stereocenters. The van der Waals surface area contributed by atoms with E-state index in [1.54, 1.807) is 24.3 Å². The van der Waals surface area contributed by atoms with Gasteiger partial charge in [0.1, 0.15) is 0 Å². The van der Waals surface area contributed by atoms with E-state index >= 15 is 0 Å². The Labute approximate surface area is 140 Å². The summed E-state index contributed by atoms with van der Waals surface area (Å²) in [6.07, 6.45) is 1.68. The van der Waals surface area contributed by atoms with Gasteiger partial charge in [0.25, 0.3) is 0 Å². The van der Waals surface area contributed by atoms with E-state index in [2.05, 4.69) is 29.5 Å². The van der Waals surface area contributed by atoms with Crippen LogP contribution in [-0.4, -0.2) is 38.8 Å². The molecular formula is C17H29N3O2S. The van der Waals surface area contributed by atoms with Crippen molar-refractivity contribution in [2.24, 2.45) is 4.99 Å². The lowest BCUT2D eigenvalue weighted by atomic mass is 10.2. The van der Waals surface area contributed by atoms with Gasteiger partial charge in [-0.3, -0.25) is 4.99 Å². The quantitative estimate of drug-likeness (QED) is 0.564. The number of benzene rings is 1. The summed E-state index contributed by atoms with van der Waals surface area (Å²) in [5.74, 6) is 0.732. The van der Waals surface area contributed by atoms with Gasteiger partial charge in [-0.25, -0.2) is 8.42 Å². The normalized spacial score (nSPS) is 15.0. The highest BCUT2D eigenvalue weighted by atomic mass is 32.2. The number of nitrogens with zero attached hydrogens (tertiary/aromatic N) is 1. The third-order valence-electron chi connectivity index (χ3n) is 3.67. The van der Waals surface area contributed by atoms with Gasteiger partial charge in [-0.1, -0.05) is 32.0 Å². The van der Waals surface area contributed by atoms with Crippen molar-refractivity contribution in [2.45, 2.75) is 57.5 Å². The molecule has 23 heavy (non-hydrogen) atoms. The fraction of sp³-hybridized carbons (Fsp3) is 0.588. The number of hydrogen-bond acceptors (Lipinski definition) is 3. The molecule has 0 aliphatic rings. The summed E-state index contributed by atoms with van der Waals surface area (Å²) in [5, 5.41) is 6.56. The highest BCUT2D eigenvalue weighted by Gasteiger charge is 2.21. The van der Waals surface area contributed by atoms with Crippen LogP contribution >= 0.6 is 0 Å². The predicted octanol–water partition coefficient (Wildman–Crippen LogP) is 2.59. The molecule has 0 fully saturated rings. The molecule has 130 valence electrons. The molecule has 0 heterocycles. The summed E-state index contributed by atoms with van der Waals surface area (Å²) in [6, 6.07) is 8.70. The van der Waals surface area contributed by atoms with Gasteiger partial charge >= 0.3 is 0 Å². The summed E-state index contributed by atoms with van der Waals surface area (Å²) < 4.78 is 25.0. The zero-order valence-electron chi connectivity index (χ0n) is 14.5. The van der Waals surface area contributed by atoms with Crippen LogP contribution in [-0.2, 0) is 9.84 Å². The monoisotopic (exact) mass is 339 g/mol. The molecule has 0 radical (unpaired) electrons. The number of guanidine groups is 1. The number of rotatable bonds is 8. The minimum atomic E-state index is -3.31. The van der Waals surface area contributed by atoms with E-state index in [-0.39, 0.29) is 17.8 Å². The molecule has 0 saturated carbocycles. The van der Waals surface area contributed by atoms with E-state index in [1.165, 1.54) is 0 Å². The molecule has 1 aromatic carbocycles. The van der Waals surface area contributed by atoms with Crippen molar-refractivity contribution in [1.29, 1.82) is 0 Å². The van der Waals surface area contributed by atoms with Gasteiger partial charge in [0.05, 0.1) is 10.6 Å². The second kappa shape index (κ2) is 9.55. The van der Waals surface area contributed by atoms with Gasteiger partial charge in [-0.15, -0.1) is 0 Å². The lowest BCUT2D eigenvalue weighted by molar-refractivity contribution is 0.559. The highest BCUT2D eigenvalue weighted by Crippen LogP contribution is 2.12. The first kappa shape index (κ1) is 19.5. The third kappa shape index (κ3) is 6.60. The highest BCUT2D eigenvalue weighted by molar-refractivity contribution is 7.91. The average Bonchev–Trinajstić information content (AvgIpc) is 2.54. The molecule has 5 nitrogen and oxygen atoms in total. The summed E-state index contributed by atoms with van der Waals surface area (Å²) in [5.41, 5.74) is 0. The lowest BCUT2D eigenvalue weighted by Crippen LogP contribution is -2.48. The second-order valence-electron chi connectivity index (χ2n) is 5.62. The van der Waals surface area contributed by atoms with Crippen LogP contribution in [0.3, 0.4) is 0 Å². The maximum atomic E-state index is 12.5. The van der Waals surface area contributed by atoms with Gasteiger partial charge in [0.2, 0.25) is 0 Å². The second-order valence-corrected chi connectivity index (χ2v) is 7.65. The molecule has 0 aliphatic heterocycles. The zero-order chi connectivity index (χ0) is 17.3.